The molecule has 0 amide bonds. The van der Waals surface area contributed by atoms with Crippen LogP contribution in [0.1, 0.15) is 54.0 Å². The fourth-order valence-electron chi connectivity index (χ4n) is 2.62. The van der Waals surface area contributed by atoms with E-state index in [4.69, 9.17) is 10.2 Å². The molecule has 1 aromatic heterocycles. The molecule has 0 radical (unpaired) electrons. The number of carbonyl (C=O) groups is 1. The number of hydrogen-bond acceptors (Lipinski definition) is 5. The highest BCUT2D eigenvalue weighted by Crippen LogP contribution is 2.33. The molecule has 2 rings (SSSR count). The first-order valence-electron chi connectivity index (χ1n) is 7.49. The summed E-state index contributed by atoms with van der Waals surface area (Å²) in [4.78, 5) is 19.2. The van der Waals surface area contributed by atoms with Gasteiger partial charge >= 0.3 is 5.97 Å². The van der Waals surface area contributed by atoms with E-state index in [0.717, 1.165) is 18.4 Å². The molecule has 3 N–H and O–H groups in total. The average Bonchev–Trinajstić information content (AvgIpc) is 2.38. The molecule has 1 saturated carbocycles. The largest absolute Gasteiger partial charge is 0.475 e. The van der Waals surface area contributed by atoms with Crippen LogP contribution in [0.15, 0.2) is 0 Å². The molecule has 6 nitrogen and oxygen atoms in total. The molecule has 0 spiro atoms. The molecule has 116 valence electrons. The predicted octanol–water partition coefficient (Wildman–Crippen LogP) is 2.14. The Morgan fingerprint density at radius 3 is 2.62 bits per heavy atom. The van der Waals surface area contributed by atoms with Gasteiger partial charge in [0.1, 0.15) is 5.82 Å². The third-order valence-corrected chi connectivity index (χ3v) is 4.29. The molecule has 1 aliphatic rings. The number of rotatable bonds is 7. The molecule has 0 saturated heterocycles. The standard InChI is InChI=1S/C15H23N3O3/c1-9-10(2)16-14(15(20)21)18-13(9)17-12(7-4-8-19)11-5-3-6-11/h11-12,19H,3-8H2,1-2H3,(H,20,21)(H,16,17,18). The lowest BCUT2D eigenvalue weighted by Gasteiger charge is -2.35. The molecule has 0 aliphatic heterocycles. The van der Waals surface area contributed by atoms with Gasteiger partial charge in [-0.3, -0.25) is 0 Å². The van der Waals surface area contributed by atoms with E-state index in [-0.39, 0.29) is 18.5 Å². The summed E-state index contributed by atoms with van der Waals surface area (Å²) in [5, 5.41) is 21.5. The zero-order valence-corrected chi connectivity index (χ0v) is 12.6. The van der Waals surface area contributed by atoms with E-state index in [9.17, 15) is 4.79 Å². The van der Waals surface area contributed by atoms with Gasteiger partial charge in [-0.25, -0.2) is 14.8 Å². The van der Waals surface area contributed by atoms with Gasteiger partial charge in [0.25, 0.3) is 0 Å². The molecular weight excluding hydrogens is 270 g/mol. The van der Waals surface area contributed by atoms with Gasteiger partial charge in [-0.15, -0.1) is 0 Å². The van der Waals surface area contributed by atoms with E-state index in [1.165, 1.54) is 19.3 Å². The zero-order chi connectivity index (χ0) is 15.4. The van der Waals surface area contributed by atoms with Crippen LogP contribution < -0.4 is 5.32 Å². The number of aromatic nitrogens is 2. The molecule has 1 atom stereocenters. The normalized spacial score (nSPS) is 16.3. The van der Waals surface area contributed by atoms with Crippen molar-refractivity contribution >= 4 is 11.8 Å². The fraction of sp³-hybridized carbons (Fsp3) is 0.667. The molecule has 0 bridgehead atoms. The number of nitrogens with one attached hydrogen (secondary N) is 1. The SMILES string of the molecule is Cc1nc(C(=O)O)nc(NC(CCCO)C2CCC2)c1C. The first-order valence-corrected chi connectivity index (χ1v) is 7.49. The monoisotopic (exact) mass is 293 g/mol. The van der Waals surface area contributed by atoms with Crippen LogP contribution in [-0.4, -0.2) is 38.8 Å². The second kappa shape index (κ2) is 6.85. The molecular formula is C15H23N3O3. The Bertz CT molecular complexity index is 515. The van der Waals surface area contributed by atoms with Gasteiger partial charge in [-0.05, 0) is 45.4 Å². The van der Waals surface area contributed by atoms with Gasteiger partial charge < -0.3 is 15.5 Å². The number of aliphatic hydroxyl groups is 1. The summed E-state index contributed by atoms with van der Waals surface area (Å²) in [5.41, 5.74) is 1.56. The maximum absolute atomic E-state index is 11.1. The number of aromatic carboxylic acids is 1. The van der Waals surface area contributed by atoms with E-state index in [2.05, 4.69) is 15.3 Å². The van der Waals surface area contributed by atoms with E-state index < -0.39 is 5.97 Å². The Kier molecular flexibility index (Phi) is 5.12. The Morgan fingerprint density at radius 2 is 2.10 bits per heavy atom. The van der Waals surface area contributed by atoms with Gasteiger partial charge in [-0.2, -0.15) is 0 Å². The van der Waals surface area contributed by atoms with Crippen LogP contribution in [0.3, 0.4) is 0 Å². The molecule has 1 aliphatic carbocycles. The van der Waals surface area contributed by atoms with Crippen LogP contribution in [-0.2, 0) is 0 Å². The van der Waals surface area contributed by atoms with Crippen molar-refractivity contribution in [3.8, 4) is 0 Å². The topological polar surface area (TPSA) is 95.3 Å². The lowest BCUT2D eigenvalue weighted by Crippen LogP contribution is -2.34. The number of carboxylic acid groups (broad SMARTS) is 1. The molecule has 1 unspecified atom stereocenters. The smallest absolute Gasteiger partial charge is 0.374 e. The number of anilines is 1. The molecule has 6 heteroatoms. The second-order valence-electron chi connectivity index (χ2n) is 5.72. The van der Waals surface area contributed by atoms with Gasteiger partial charge in [0.05, 0.1) is 0 Å². The summed E-state index contributed by atoms with van der Waals surface area (Å²) in [6, 6.07) is 0.237. The minimum atomic E-state index is -1.11. The van der Waals surface area contributed by atoms with Gasteiger partial charge in [0, 0.05) is 23.9 Å². The van der Waals surface area contributed by atoms with Crippen LogP contribution >= 0.6 is 0 Å². The van der Waals surface area contributed by atoms with E-state index in [0.29, 0.717) is 17.4 Å². The second-order valence-corrected chi connectivity index (χ2v) is 5.72. The Balaban J connectivity index is 2.20. The summed E-state index contributed by atoms with van der Waals surface area (Å²) >= 11 is 0. The number of aliphatic hydroxyl groups excluding tert-OH is 1. The van der Waals surface area contributed by atoms with Crippen molar-refractivity contribution in [3.05, 3.63) is 17.1 Å². The van der Waals surface area contributed by atoms with E-state index >= 15 is 0 Å². The van der Waals surface area contributed by atoms with Gasteiger partial charge in [0.15, 0.2) is 0 Å². The number of hydrogen-bond donors (Lipinski definition) is 3. The highest BCUT2D eigenvalue weighted by molar-refractivity contribution is 5.83. The highest BCUT2D eigenvalue weighted by atomic mass is 16.4. The Hall–Kier alpha value is -1.69. The number of carboxylic acids is 1. The van der Waals surface area contributed by atoms with Crippen LogP contribution in [0.5, 0.6) is 0 Å². The Morgan fingerprint density at radius 1 is 1.38 bits per heavy atom. The Labute approximate surface area is 124 Å². The van der Waals surface area contributed by atoms with Crippen molar-refractivity contribution in [2.75, 3.05) is 11.9 Å². The predicted molar refractivity (Wildman–Crippen MR) is 79.5 cm³/mol. The molecule has 1 heterocycles. The lowest BCUT2D eigenvalue weighted by atomic mass is 9.78. The quantitative estimate of drug-likeness (QED) is 0.713. The van der Waals surface area contributed by atoms with Crippen LogP contribution in [0.2, 0.25) is 0 Å². The number of aryl methyl sites for hydroxylation is 1. The third kappa shape index (κ3) is 3.69. The number of nitrogens with zero attached hydrogens (tertiary/aromatic N) is 2. The minimum Gasteiger partial charge on any atom is -0.475 e. The van der Waals surface area contributed by atoms with Crippen LogP contribution in [0.4, 0.5) is 5.82 Å². The third-order valence-electron chi connectivity index (χ3n) is 4.29. The highest BCUT2D eigenvalue weighted by Gasteiger charge is 2.28. The van der Waals surface area contributed by atoms with Crippen molar-refractivity contribution in [2.45, 2.75) is 52.0 Å². The maximum atomic E-state index is 11.1. The van der Waals surface area contributed by atoms with Crippen molar-refractivity contribution < 1.29 is 15.0 Å². The summed E-state index contributed by atoms with van der Waals surface area (Å²) < 4.78 is 0. The van der Waals surface area contributed by atoms with Crippen molar-refractivity contribution in [3.63, 3.8) is 0 Å². The lowest BCUT2D eigenvalue weighted by molar-refractivity contribution is 0.0683. The molecule has 1 fully saturated rings. The minimum absolute atomic E-state index is 0.171. The zero-order valence-electron chi connectivity index (χ0n) is 12.6. The summed E-state index contributed by atoms with van der Waals surface area (Å²) in [7, 11) is 0. The first-order chi connectivity index (χ1) is 10.0. The van der Waals surface area contributed by atoms with E-state index in [1.54, 1.807) is 6.92 Å². The summed E-state index contributed by atoms with van der Waals surface area (Å²) in [6.07, 6.45) is 5.20. The average molecular weight is 293 g/mol. The van der Waals surface area contributed by atoms with Crippen molar-refractivity contribution in [1.29, 1.82) is 0 Å². The fourth-order valence-corrected chi connectivity index (χ4v) is 2.62. The van der Waals surface area contributed by atoms with Gasteiger partial charge in [0.2, 0.25) is 5.82 Å². The summed E-state index contributed by atoms with van der Waals surface area (Å²) in [6.45, 7) is 3.86. The first kappa shape index (κ1) is 15.7. The summed E-state index contributed by atoms with van der Waals surface area (Å²) in [5.74, 6) is -0.0962. The van der Waals surface area contributed by atoms with Gasteiger partial charge in [-0.1, -0.05) is 6.42 Å². The van der Waals surface area contributed by atoms with E-state index in [1.807, 2.05) is 6.92 Å². The van der Waals surface area contributed by atoms with Crippen molar-refractivity contribution in [2.24, 2.45) is 5.92 Å². The van der Waals surface area contributed by atoms with Crippen LogP contribution in [0, 0.1) is 19.8 Å². The molecule has 0 aromatic carbocycles. The maximum Gasteiger partial charge on any atom is 0.374 e. The van der Waals surface area contributed by atoms with Crippen molar-refractivity contribution in [1.82, 2.24) is 9.97 Å². The molecule has 1 aromatic rings. The van der Waals surface area contributed by atoms with Crippen LogP contribution in [0.25, 0.3) is 0 Å². The molecule has 21 heavy (non-hydrogen) atoms.